The third kappa shape index (κ3) is 2.80. The Labute approximate surface area is 130 Å². The molecule has 6 heteroatoms. The highest BCUT2D eigenvalue weighted by Crippen LogP contribution is 2.38. The van der Waals surface area contributed by atoms with E-state index in [4.69, 9.17) is 10.5 Å². The molecule has 1 aromatic carbocycles. The minimum Gasteiger partial charge on any atom is -0.507 e. The highest BCUT2D eigenvalue weighted by molar-refractivity contribution is 5.97. The van der Waals surface area contributed by atoms with Crippen molar-refractivity contribution in [3.8, 4) is 11.5 Å². The van der Waals surface area contributed by atoms with Crippen LogP contribution in [0.1, 0.15) is 23.2 Å². The molecule has 2 fully saturated rings. The number of carbonyl (C=O) groups is 1. The molecule has 21 heavy (non-hydrogen) atoms. The maximum atomic E-state index is 12.5. The Kier molecular flexibility index (Phi) is 4.64. The molecule has 3 N–H and O–H groups in total. The van der Waals surface area contributed by atoms with E-state index in [1.807, 2.05) is 4.90 Å². The lowest BCUT2D eigenvalue weighted by Gasteiger charge is -2.19. The Bertz CT molecular complexity index is 538. The lowest BCUT2D eigenvalue weighted by atomic mass is 9.98. The van der Waals surface area contributed by atoms with Crippen molar-refractivity contribution in [2.24, 2.45) is 17.6 Å². The molecule has 1 aromatic rings. The third-order valence-electron chi connectivity index (χ3n) is 4.63. The van der Waals surface area contributed by atoms with Crippen molar-refractivity contribution in [2.45, 2.75) is 18.9 Å². The largest absolute Gasteiger partial charge is 0.507 e. The summed E-state index contributed by atoms with van der Waals surface area (Å²) < 4.78 is 5.03. The summed E-state index contributed by atoms with van der Waals surface area (Å²) in [4.78, 5) is 14.3. The lowest BCUT2D eigenvalue weighted by molar-refractivity contribution is 0.0776. The number of methoxy groups -OCH3 is 1. The summed E-state index contributed by atoms with van der Waals surface area (Å²) in [5, 5.41) is 9.96. The number of fused-ring (bicyclic) bond motifs is 1. The molecule has 1 heterocycles. The van der Waals surface area contributed by atoms with Crippen LogP contribution in [0.4, 0.5) is 0 Å². The van der Waals surface area contributed by atoms with Crippen LogP contribution in [0, 0.1) is 11.8 Å². The quantitative estimate of drug-likeness (QED) is 0.870. The second kappa shape index (κ2) is 6.12. The summed E-state index contributed by atoms with van der Waals surface area (Å²) in [5.41, 5.74) is 6.42. The second-order valence-corrected chi connectivity index (χ2v) is 5.76. The molecule has 0 aromatic heterocycles. The number of phenols is 1. The Hall–Kier alpha value is -1.46. The van der Waals surface area contributed by atoms with Crippen molar-refractivity contribution in [1.82, 2.24) is 4.90 Å². The van der Waals surface area contributed by atoms with Crippen LogP contribution in [-0.2, 0) is 0 Å². The highest BCUT2D eigenvalue weighted by atomic mass is 35.5. The monoisotopic (exact) mass is 312 g/mol. The maximum absolute atomic E-state index is 12.5. The van der Waals surface area contributed by atoms with E-state index >= 15 is 0 Å². The molecule has 0 radical (unpaired) electrons. The van der Waals surface area contributed by atoms with Gasteiger partial charge in [-0.1, -0.05) is 0 Å². The zero-order valence-electron chi connectivity index (χ0n) is 12.0. The van der Waals surface area contributed by atoms with E-state index in [0.717, 1.165) is 19.4 Å². The van der Waals surface area contributed by atoms with Crippen LogP contribution in [0.5, 0.6) is 11.5 Å². The average Bonchev–Trinajstić information content (AvgIpc) is 3.00. The molecule has 116 valence electrons. The van der Waals surface area contributed by atoms with Gasteiger partial charge in [0.25, 0.3) is 5.91 Å². The van der Waals surface area contributed by atoms with Crippen molar-refractivity contribution < 1.29 is 14.6 Å². The molecule has 3 atom stereocenters. The molecule has 0 bridgehead atoms. The van der Waals surface area contributed by atoms with E-state index in [1.165, 1.54) is 13.2 Å². The Balaban J connectivity index is 0.00000161. The summed E-state index contributed by atoms with van der Waals surface area (Å²) in [6.07, 6.45) is 2.16. The molecule has 1 aliphatic carbocycles. The number of hydrogen-bond acceptors (Lipinski definition) is 4. The summed E-state index contributed by atoms with van der Waals surface area (Å²) in [6, 6.07) is 4.98. The van der Waals surface area contributed by atoms with Crippen molar-refractivity contribution in [3.63, 3.8) is 0 Å². The fraction of sp³-hybridized carbons (Fsp3) is 0.533. The zero-order chi connectivity index (χ0) is 14.3. The predicted octanol–water partition coefficient (Wildman–Crippen LogP) is 1.63. The highest BCUT2D eigenvalue weighted by Gasteiger charge is 2.42. The number of amides is 1. The van der Waals surface area contributed by atoms with Crippen LogP contribution in [-0.4, -0.2) is 42.2 Å². The minimum atomic E-state index is -0.119. The van der Waals surface area contributed by atoms with Crippen LogP contribution in [0.2, 0.25) is 0 Å². The molecular weight excluding hydrogens is 292 g/mol. The van der Waals surface area contributed by atoms with Crippen molar-refractivity contribution >= 4 is 18.3 Å². The van der Waals surface area contributed by atoms with Crippen LogP contribution >= 0.6 is 12.4 Å². The van der Waals surface area contributed by atoms with Gasteiger partial charge in [0, 0.05) is 25.2 Å². The zero-order valence-corrected chi connectivity index (χ0v) is 12.8. The molecule has 1 amide bonds. The van der Waals surface area contributed by atoms with E-state index in [1.54, 1.807) is 12.1 Å². The number of likely N-dealkylation sites (tertiary alicyclic amines) is 1. The third-order valence-corrected chi connectivity index (χ3v) is 4.63. The van der Waals surface area contributed by atoms with Gasteiger partial charge in [-0.3, -0.25) is 4.79 Å². The second-order valence-electron chi connectivity index (χ2n) is 5.76. The van der Waals surface area contributed by atoms with E-state index in [2.05, 4.69) is 0 Å². The van der Waals surface area contributed by atoms with E-state index in [0.29, 0.717) is 29.7 Å². The van der Waals surface area contributed by atoms with Crippen molar-refractivity contribution in [3.05, 3.63) is 23.8 Å². The first-order chi connectivity index (χ1) is 9.60. The molecule has 3 rings (SSSR count). The topological polar surface area (TPSA) is 75.8 Å². The minimum absolute atomic E-state index is 0. The van der Waals surface area contributed by atoms with Gasteiger partial charge in [0.05, 0.1) is 12.7 Å². The van der Waals surface area contributed by atoms with E-state index < -0.39 is 0 Å². The standard InChI is InChI=1S/C15H20N2O3.ClH/c1-20-10-3-4-11(14(18)6-10)15(19)17-7-9-2-5-13(16)12(9)8-17;/h3-4,6,9,12-13,18H,2,5,7-8,16H2,1H3;1H. The Morgan fingerprint density at radius 3 is 2.76 bits per heavy atom. The number of aromatic hydroxyl groups is 1. The number of carbonyl (C=O) groups excluding carboxylic acids is 1. The van der Waals surface area contributed by atoms with E-state index in [9.17, 15) is 9.90 Å². The van der Waals surface area contributed by atoms with Gasteiger partial charge >= 0.3 is 0 Å². The SMILES string of the molecule is COc1ccc(C(=O)N2CC3CCC(N)C3C2)c(O)c1.Cl. The number of hydrogen-bond donors (Lipinski definition) is 2. The first-order valence-electron chi connectivity index (χ1n) is 7.02. The summed E-state index contributed by atoms with van der Waals surface area (Å²) in [6.45, 7) is 1.46. The normalized spacial score (nSPS) is 27.1. The van der Waals surface area contributed by atoms with Gasteiger partial charge < -0.3 is 20.5 Å². The van der Waals surface area contributed by atoms with Crippen molar-refractivity contribution in [2.75, 3.05) is 20.2 Å². The molecule has 5 nitrogen and oxygen atoms in total. The number of nitrogens with zero attached hydrogens (tertiary/aromatic N) is 1. The summed E-state index contributed by atoms with van der Waals surface area (Å²) in [7, 11) is 1.53. The van der Waals surface area contributed by atoms with Crippen molar-refractivity contribution in [1.29, 1.82) is 0 Å². The molecule has 2 aliphatic rings. The Morgan fingerprint density at radius 2 is 2.14 bits per heavy atom. The summed E-state index contributed by atoms with van der Waals surface area (Å²) in [5.74, 6) is 1.33. The molecule has 1 saturated carbocycles. The number of halogens is 1. The molecule has 0 spiro atoms. The van der Waals surface area contributed by atoms with Gasteiger partial charge in [0.2, 0.25) is 0 Å². The van der Waals surface area contributed by atoms with Gasteiger partial charge in [0.15, 0.2) is 0 Å². The molecule has 1 aliphatic heterocycles. The number of rotatable bonds is 2. The first kappa shape index (κ1) is 15.9. The number of ether oxygens (including phenoxy) is 1. The fourth-order valence-electron chi connectivity index (χ4n) is 3.46. The Morgan fingerprint density at radius 1 is 1.38 bits per heavy atom. The van der Waals surface area contributed by atoms with Gasteiger partial charge in [-0.2, -0.15) is 0 Å². The number of phenolic OH excluding ortho intramolecular Hbond substituents is 1. The predicted molar refractivity (Wildman–Crippen MR) is 82.0 cm³/mol. The van der Waals surface area contributed by atoms with E-state index in [-0.39, 0.29) is 30.1 Å². The van der Waals surface area contributed by atoms with Gasteiger partial charge in [-0.05, 0) is 36.8 Å². The van der Waals surface area contributed by atoms with Crippen LogP contribution in [0.25, 0.3) is 0 Å². The number of benzene rings is 1. The number of nitrogens with two attached hydrogens (primary N) is 1. The first-order valence-corrected chi connectivity index (χ1v) is 7.02. The average molecular weight is 313 g/mol. The smallest absolute Gasteiger partial charge is 0.257 e. The lowest BCUT2D eigenvalue weighted by Crippen LogP contribution is -2.33. The van der Waals surface area contributed by atoms with Crippen LogP contribution in [0.15, 0.2) is 18.2 Å². The maximum Gasteiger partial charge on any atom is 0.257 e. The van der Waals surface area contributed by atoms with Crippen LogP contribution < -0.4 is 10.5 Å². The molecular formula is C15H21ClN2O3. The van der Waals surface area contributed by atoms with Gasteiger partial charge in [-0.15, -0.1) is 12.4 Å². The summed E-state index contributed by atoms with van der Waals surface area (Å²) >= 11 is 0. The fourth-order valence-corrected chi connectivity index (χ4v) is 3.46. The van der Waals surface area contributed by atoms with Gasteiger partial charge in [-0.25, -0.2) is 0 Å². The molecule has 1 saturated heterocycles. The molecule has 3 unspecified atom stereocenters. The van der Waals surface area contributed by atoms with Crippen LogP contribution in [0.3, 0.4) is 0 Å². The van der Waals surface area contributed by atoms with Gasteiger partial charge in [0.1, 0.15) is 11.5 Å².